The molecule has 1 aromatic rings. The first kappa shape index (κ1) is 18.8. The van der Waals surface area contributed by atoms with Gasteiger partial charge in [-0.1, -0.05) is 19.4 Å². The van der Waals surface area contributed by atoms with Crippen LogP contribution >= 0.6 is 0 Å². The average molecular weight is 357 g/mol. The Labute approximate surface area is 143 Å². The summed E-state index contributed by atoms with van der Waals surface area (Å²) in [6.07, 6.45) is -2.23. The lowest BCUT2D eigenvalue weighted by Gasteiger charge is -2.25. The van der Waals surface area contributed by atoms with E-state index in [2.05, 4.69) is 0 Å². The van der Waals surface area contributed by atoms with Crippen molar-refractivity contribution in [1.29, 1.82) is 0 Å². The average Bonchev–Trinajstić information content (AvgIpc) is 2.91. The van der Waals surface area contributed by atoms with Crippen molar-refractivity contribution in [3.8, 4) is 5.75 Å². The molecule has 0 saturated carbocycles. The van der Waals surface area contributed by atoms with Gasteiger partial charge in [-0.05, 0) is 24.6 Å². The minimum absolute atomic E-state index is 0.00511. The Morgan fingerprint density at radius 1 is 1.36 bits per heavy atom. The van der Waals surface area contributed by atoms with Crippen molar-refractivity contribution < 1.29 is 32.2 Å². The minimum atomic E-state index is -4.48. The minimum Gasteiger partial charge on any atom is -0.467 e. The standard InChI is InChI=1S/C17H18F3NO4/c1-3-5-14(16(23)24-2)21-10-13(9-15(21)22)25-12-7-4-6-11(8-12)17(18,19)20/h4,6-9,14H,3,5,10H2,1-2H3. The summed E-state index contributed by atoms with van der Waals surface area (Å²) >= 11 is 0. The molecule has 1 atom stereocenters. The van der Waals surface area contributed by atoms with Crippen molar-refractivity contribution in [2.75, 3.05) is 13.7 Å². The molecule has 8 heteroatoms. The summed E-state index contributed by atoms with van der Waals surface area (Å²) in [4.78, 5) is 25.3. The number of methoxy groups -OCH3 is 1. The fourth-order valence-corrected chi connectivity index (χ4v) is 2.54. The first-order valence-corrected chi connectivity index (χ1v) is 7.70. The molecule has 2 rings (SSSR count). The molecular weight excluding hydrogens is 339 g/mol. The lowest BCUT2D eigenvalue weighted by Crippen LogP contribution is -2.43. The number of hydrogen-bond acceptors (Lipinski definition) is 4. The highest BCUT2D eigenvalue weighted by Gasteiger charge is 2.35. The van der Waals surface area contributed by atoms with Crippen LogP contribution in [0.1, 0.15) is 25.3 Å². The maximum absolute atomic E-state index is 12.7. The SMILES string of the molecule is CCCC(C(=O)OC)N1CC(Oc2cccc(C(F)(F)F)c2)=CC1=O. The summed E-state index contributed by atoms with van der Waals surface area (Å²) in [5, 5.41) is 0. The molecule has 25 heavy (non-hydrogen) atoms. The van der Waals surface area contributed by atoms with Gasteiger partial charge in [0.05, 0.1) is 19.2 Å². The second-order valence-corrected chi connectivity index (χ2v) is 5.53. The van der Waals surface area contributed by atoms with E-state index < -0.39 is 29.7 Å². The van der Waals surface area contributed by atoms with Crippen LogP contribution in [-0.4, -0.2) is 36.5 Å². The van der Waals surface area contributed by atoms with E-state index in [4.69, 9.17) is 9.47 Å². The van der Waals surface area contributed by atoms with Gasteiger partial charge in [0.2, 0.25) is 0 Å². The van der Waals surface area contributed by atoms with Crippen molar-refractivity contribution >= 4 is 11.9 Å². The number of hydrogen-bond donors (Lipinski definition) is 0. The van der Waals surface area contributed by atoms with E-state index in [-0.39, 0.29) is 18.1 Å². The van der Waals surface area contributed by atoms with Crippen molar-refractivity contribution in [1.82, 2.24) is 4.90 Å². The third kappa shape index (κ3) is 4.52. The van der Waals surface area contributed by atoms with E-state index >= 15 is 0 Å². The number of amides is 1. The second-order valence-electron chi connectivity index (χ2n) is 5.53. The van der Waals surface area contributed by atoms with E-state index in [1.807, 2.05) is 6.92 Å². The molecule has 1 aromatic carbocycles. The van der Waals surface area contributed by atoms with Gasteiger partial charge in [-0.25, -0.2) is 4.79 Å². The predicted molar refractivity (Wildman–Crippen MR) is 82.6 cm³/mol. The van der Waals surface area contributed by atoms with Crippen LogP contribution in [0.15, 0.2) is 36.1 Å². The van der Waals surface area contributed by atoms with Gasteiger partial charge in [0, 0.05) is 6.08 Å². The molecule has 1 aliphatic heterocycles. The number of benzene rings is 1. The summed E-state index contributed by atoms with van der Waals surface area (Å²) in [6, 6.07) is 3.63. The molecule has 0 fully saturated rings. The summed E-state index contributed by atoms with van der Waals surface area (Å²) in [5.41, 5.74) is -0.842. The fraction of sp³-hybridized carbons (Fsp3) is 0.412. The highest BCUT2D eigenvalue weighted by Crippen LogP contribution is 2.32. The lowest BCUT2D eigenvalue weighted by atomic mass is 10.1. The zero-order chi connectivity index (χ0) is 18.6. The molecule has 0 aliphatic carbocycles. The zero-order valence-corrected chi connectivity index (χ0v) is 13.8. The fourth-order valence-electron chi connectivity index (χ4n) is 2.54. The largest absolute Gasteiger partial charge is 0.467 e. The molecule has 1 unspecified atom stereocenters. The van der Waals surface area contributed by atoms with Crippen LogP contribution in [0.2, 0.25) is 0 Å². The molecule has 0 saturated heterocycles. The van der Waals surface area contributed by atoms with Crippen LogP contribution in [0.25, 0.3) is 0 Å². The van der Waals surface area contributed by atoms with Gasteiger partial charge in [-0.2, -0.15) is 13.2 Å². The number of carbonyl (C=O) groups is 2. The van der Waals surface area contributed by atoms with Crippen LogP contribution in [0.4, 0.5) is 13.2 Å². The van der Waals surface area contributed by atoms with E-state index in [0.29, 0.717) is 12.8 Å². The molecule has 1 heterocycles. The maximum atomic E-state index is 12.7. The van der Waals surface area contributed by atoms with E-state index in [0.717, 1.165) is 12.1 Å². The van der Waals surface area contributed by atoms with Crippen LogP contribution in [-0.2, 0) is 20.5 Å². The van der Waals surface area contributed by atoms with E-state index in [1.165, 1.54) is 30.2 Å². The molecule has 0 spiro atoms. The van der Waals surface area contributed by atoms with Crippen molar-refractivity contribution in [3.63, 3.8) is 0 Å². The van der Waals surface area contributed by atoms with E-state index in [9.17, 15) is 22.8 Å². The number of esters is 1. The van der Waals surface area contributed by atoms with Gasteiger partial charge in [-0.3, -0.25) is 4.79 Å². The molecule has 136 valence electrons. The second kappa shape index (κ2) is 7.58. The summed E-state index contributed by atoms with van der Waals surface area (Å²) in [6.45, 7) is 1.86. The van der Waals surface area contributed by atoms with Gasteiger partial charge in [0.25, 0.3) is 5.91 Å². The van der Waals surface area contributed by atoms with Crippen LogP contribution in [0.5, 0.6) is 5.75 Å². The molecule has 0 radical (unpaired) electrons. The lowest BCUT2D eigenvalue weighted by molar-refractivity contribution is -0.151. The Morgan fingerprint density at radius 3 is 2.68 bits per heavy atom. The highest BCUT2D eigenvalue weighted by atomic mass is 19.4. The van der Waals surface area contributed by atoms with Gasteiger partial charge in [-0.15, -0.1) is 0 Å². The molecule has 1 aliphatic rings. The topological polar surface area (TPSA) is 55.8 Å². The Kier molecular flexibility index (Phi) is 5.71. The summed E-state index contributed by atoms with van der Waals surface area (Å²) in [7, 11) is 1.24. The highest BCUT2D eigenvalue weighted by molar-refractivity contribution is 5.94. The first-order chi connectivity index (χ1) is 11.8. The predicted octanol–water partition coefficient (Wildman–Crippen LogP) is 3.15. The molecule has 0 aromatic heterocycles. The smallest absolute Gasteiger partial charge is 0.416 e. The van der Waals surface area contributed by atoms with Gasteiger partial charge < -0.3 is 14.4 Å². The molecule has 5 nitrogen and oxygen atoms in total. The molecular formula is C17H18F3NO4. The number of halogens is 3. The number of carbonyl (C=O) groups excluding carboxylic acids is 2. The number of alkyl halides is 3. The van der Waals surface area contributed by atoms with Crippen LogP contribution in [0.3, 0.4) is 0 Å². The third-order valence-corrected chi connectivity index (χ3v) is 3.72. The summed E-state index contributed by atoms with van der Waals surface area (Å²) < 4.78 is 48.3. The van der Waals surface area contributed by atoms with Gasteiger partial charge in [0.1, 0.15) is 17.6 Å². The third-order valence-electron chi connectivity index (χ3n) is 3.72. The van der Waals surface area contributed by atoms with Crippen LogP contribution in [0, 0.1) is 0 Å². The first-order valence-electron chi connectivity index (χ1n) is 7.70. The van der Waals surface area contributed by atoms with Crippen molar-refractivity contribution in [3.05, 3.63) is 41.7 Å². The Balaban J connectivity index is 2.12. The number of ether oxygens (including phenoxy) is 2. The monoisotopic (exact) mass is 357 g/mol. The number of rotatable bonds is 6. The van der Waals surface area contributed by atoms with Gasteiger partial charge in [0.15, 0.2) is 0 Å². The molecule has 1 amide bonds. The number of nitrogens with zero attached hydrogens (tertiary/aromatic N) is 1. The quantitative estimate of drug-likeness (QED) is 0.734. The van der Waals surface area contributed by atoms with E-state index in [1.54, 1.807) is 0 Å². The molecule has 0 N–H and O–H groups in total. The van der Waals surface area contributed by atoms with Gasteiger partial charge >= 0.3 is 12.1 Å². The Morgan fingerprint density at radius 2 is 2.08 bits per heavy atom. The van der Waals surface area contributed by atoms with Crippen molar-refractivity contribution in [2.45, 2.75) is 32.0 Å². The van der Waals surface area contributed by atoms with Crippen LogP contribution < -0.4 is 4.74 Å². The normalized spacial score (nSPS) is 15.8. The maximum Gasteiger partial charge on any atom is 0.416 e. The Bertz CT molecular complexity index is 685. The Hall–Kier alpha value is -2.51. The zero-order valence-electron chi connectivity index (χ0n) is 13.8. The molecule has 0 bridgehead atoms. The summed E-state index contributed by atoms with van der Waals surface area (Å²) in [5.74, 6) is -0.829. The van der Waals surface area contributed by atoms with Crippen molar-refractivity contribution in [2.24, 2.45) is 0 Å².